The van der Waals surface area contributed by atoms with Gasteiger partial charge in [0.2, 0.25) is 0 Å². The average Bonchev–Trinajstić information content (AvgIpc) is 2.83. The van der Waals surface area contributed by atoms with Crippen molar-refractivity contribution in [2.45, 2.75) is 66.7 Å². The standard InChI is InChI=1S/C22H25NO.C10H14O/c1-7-22(5,6)19-13-17(12-18(20(19)24)21(2,3)4)16-10-8-15(14-23)9-11-16;1-2-3-4-9-5-7-10(11)8-6-9/h7-13,17H,1H2,2-6H3;5-9H,2-4H2,1H3. The van der Waals surface area contributed by atoms with Crippen molar-refractivity contribution < 1.29 is 9.59 Å². The number of carbonyl (C=O) groups excluding carboxylic acids is 2. The monoisotopic (exact) mass is 469 g/mol. The van der Waals surface area contributed by atoms with Gasteiger partial charge in [0.25, 0.3) is 0 Å². The SMILES string of the molecule is C=CC(C)(C)C1=CC(c2ccc(C#N)cc2)C=C(C(C)(C)C)C1=O.CCCCC1C=CC(=O)C=C1. The number of unbranched alkanes of at least 4 members (excludes halogenated alkanes) is 1. The number of ketones is 2. The van der Waals surface area contributed by atoms with Gasteiger partial charge in [-0.15, -0.1) is 6.58 Å². The molecule has 3 rings (SSSR count). The van der Waals surface area contributed by atoms with Crippen LogP contribution in [0.3, 0.4) is 0 Å². The van der Waals surface area contributed by atoms with Crippen molar-refractivity contribution in [2.75, 3.05) is 0 Å². The molecule has 0 saturated carbocycles. The Morgan fingerprint density at radius 2 is 1.54 bits per heavy atom. The quantitative estimate of drug-likeness (QED) is 0.399. The Bertz CT molecular complexity index is 1080. The van der Waals surface area contributed by atoms with Gasteiger partial charge in [0.15, 0.2) is 11.6 Å². The molecule has 3 heteroatoms. The molecule has 0 bridgehead atoms. The largest absolute Gasteiger partial charge is 0.290 e. The third-order valence-corrected chi connectivity index (χ3v) is 6.53. The summed E-state index contributed by atoms with van der Waals surface area (Å²) in [6.45, 7) is 16.3. The fraction of sp³-hybridized carbons (Fsp3) is 0.406. The molecular formula is C32H39NO2. The molecule has 0 heterocycles. The smallest absolute Gasteiger partial charge is 0.185 e. The summed E-state index contributed by atoms with van der Waals surface area (Å²) in [4.78, 5) is 23.7. The predicted molar refractivity (Wildman–Crippen MR) is 145 cm³/mol. The summed E-state index contributed by atoms with van der Waals surface area (Å²) in [5, 5.41) is 8.97. The fourth-order valence-electron chi connectivity index (χ4n) is 4.07. The van der Waals surface area contributed by atoms with Gasteiger partial charge in [-0.3, -0.25) is 9.59 Å². The lowest BCUT2D eigenvalue weighted by Crippen LogP contribution is -2.29. The van der Waals surface area contributed by atoms with Gasteiger partial charge in [0.05, 0.1) is 11.6 Å². The number of benzene rings is 1. The molecular weight excluding hydrogens is 430 g/mol. The summed E-state index contributed by atoms with van der Waals surface area (Å²) >= 11 is 0. The third-order valence-electron chi connectivity index (χ3n) is 6.53. The van der Waals surface area contributed by atoms with Gasteiger partial charge in [-0.25, -0.2) is 0 Å². The van der Waals surface area contributed by atoms with E-state index in [1.165, 1.54) is 19.3 Å². The second kappa shape index (κ2) is 11.9. The van der Waals surface area contributed by atoms with E-state index in [4.69, 9.17) is 5.26 Å². The molecule has 2 aliphatic rings. The number of hydrogen-bond donors (Lipinski definition) is 0. The summed E-state index contributed by atoms with van der Waals surface area (Å²) in [5.41, 5.74) is 2.75. The molecule has 0 saturated heterocycles. The van der Waals surface area contributed by atoms with Gasteiger partial charge in [-0.1, -0.05) is 96.9 Å². The highest BCUT2D eigenvalue weighted by atomic mass is 16.1. The Balaban J connectivity index is 0.000000328. The van der Waals surface area contributed by atoms with Crippen molar-refractivity contribution in [1.29, 1.82) is 5.26 Å². The highest BCUT2D eigenvalue weighted by Crippen LogP contribution is 2.42. The molecule has 0 N–H and O–H groups in total. The molecule has 1 aromatic carbocycles. The molecule has 0 aromatic heterocycles. The summed E-state index contributed by atoms with van der Waals surface area (Å²) in [6.07, 6.45) is 16.9. The molecule has 0 spiro atoms. The fourth-order valence-corrected chi connectivity index (χ4v) is 4.07. The molecule has 1 aromatic rings. The maximum atomic E-state index is 13.0. The zero-order valence-corrected chi connectivity index (χ0v) is 22.1. The summed E-state index contributed by atoms with van der Waals surface area (Å²) in [5.74, 6) is 0.765. The highest BCUT2D eigenvalue weighted by molar-refractivity contribution is 6.11. The molecule has 35 heavy (non-hydrogen) atoms. The van der Waals surface area contributed by atoms with Crippen LogP contribution in [0.4, 0.5) is 0 Å². The molecule has 3 nitrogen and oxygen atoms in total. The zero-order valence-electron chi connectivity index (χ0n) is 22.1. The number of Topliss-reactive ketones (excluding diaryl/α,β-unsaturated/α-hetero) is 1. The zero-order chi connectivity index (χ0) is 26.2. The Hall–Kier alpha value is -3.25. The van der Waals surface area contributed by atoms with E-state index in [-0.39, 0.29) is 28.3 Å². The van der Waals surface area contributed by atoms with E-state index < -0.39 is 0 Å². The first kappa shape index (κ1) is 28.0. The van der Waals surface area contributed by atoms with E-state index in [9.17, 15) is 9.59 Å². The van der Waals surface area contributed by atoms with E-state index in [0.717, 1.165) is 16.7 Å². The Morgan fingerprint density at radius 1 is 0.971 bits per heavy atom. The summed E-state index contributed by atoms with van der Waals surface area (Å²) < 4.78 is 0. The number of carbonyl (C=O) groups is 2. The van der Waals surface area contributed by atoms with E-state index in [0.29, 0.717) is 11.5 Å². The van der Waals surface area contributed by atoms with E-state index in [1.54, 1.807) is 12.2 Å². The van der Waals surface area contributed by atoms with Crippen LogP contribution in [0, 0.1) is 28.1 Å². The van der Waals surface area contributed by atoms with E-state index in [2.05, 4.69) is 46.4 Å². The van der Waals surface area contributed by atoms with Crippen LogP contribution in [0.1, 0.15) is 77.8 Å². The maximum absolute atomic E-state index is 13.0. The summed E-state index contributed by atoms with van der Waals surface area (Å²) in [7, 11) is 0. The minimum absolute atomic E-state index is 0.0268. The normalized spacial score (nSPS) is 18.3. The van der Waals surface area contributed by atoms with Gasteiger partial charge >= 0.3 is 0 Å². The third kappa shape index (κ3) is 7.62. The van der Waals surface area contributed by atoms with Crippen LogP contribution in [0.2, 0.25) is 0 Å². The van der Waals surface area contributed by atoms with Crippen LogP contribution in [0.15, 0.2) is 84.5 Å². The van der Waals surface area contributed by atoms with Gasteiger partial charge in [-0.2, -0.15) is 5.26 Å². The first-order valence-corrected chi connectivity index (χ1v) is 12.5. The number of allylic oxidation sites excluding steroid dienone is 9. The lowest BCUT2D eigenvalue weighted by Gasteiger charge is -2.33. The Morgan fingerprint density at radius 3 is 2.03 bits per heavy atom. The van der Waals surface area contributed by atoms with Gasteiger partial charge in [-0.05, 0) is 47.6 Å². The topological polar surface area (TPSA) is 57.9 Å². The number of nitriles is 1. The maximum Gasteiger partial charge on any atom is 0.185 e. The average molecular weight is 470 g/mol. The van der Waals surface area contributed by atoms with Gasteiger partial charge in [0, 0.05) is 22.5 Å². The molecule has 1 atom stereocenters. The Labute approximate surface area is 211 Å². The van der Waals surface area contributed by atoms with Gasteiger partial charge < -0.3 is 0 Å². The first-order valence-electron chi connectivity index (χ1n) is 12.5. The molecule has 2 aliphatic carbocycles. The molecule has 0 aliphatic heterocycles. The van der Waals surface area contributed by atoms with Crippen molar-refractivity contribution in [2.24, 2.45) is 16.7 Å². The van der Waals surface area contributed by atoms with Crippen LogP contribution in [-0.2, 0) is 9.59 Å². The van der Waals surface area contributed by atoms with Crippen molar-refractivity contribution >= 4 is 11.6 Å². The number of rotatable bonds is 6. The summed E-state index contributed by atoms with van der Waals surface area (Å²) in [6, 6.07) is 9.71. The Kier molecular flexibility index (Phi) is 9.55. The van der Waals surface area contributed by atoms with Crippen molar-refractivity contribution in [1.82, 2.24) is 0 Å². The van der Waals surface area contributed by atoms with Gasteiger partial charge in [0.1, 0.15) is 0 Å². The minimum atomic E-state index is -0.382. The first-order chi connectivity index (χ1) is 16.4. The van der Waals surface area contributed by atoms with Crippen LogP contribution in [-0.4, -0.2) is 11.6 Å². The molecule has 0 amide bonds. The van der Waals surface area contributed by atoms with Crippen molar-refractivity contribution in [3.63, 3.8) is 0 Å². The highest BCUT2D eigenvalue weighted by Gasteiger charge is 2.36. The van der Waals surface area contributed by atoms with Crippen LogP contribution in [0.5, 0.6) is 0 Å². The number of hydrogen-bond acceptors (Lipinski definition) is 3. The van der Waals surface area contributed by atoms with Crippen molar-refractivity contribution in [3.8, 4) is 6.07 Å². The molecule has 1 unspecified atom stereocenters. The number of nitrogens with zero attached hydrogens (tertiary/aromatic N) is 1. The van der Waals surface area contributed by atoms with E-state index in [1.807, 2.05) is 62.4 Å². The lowest BCUT2D eigenvalue weighted by molar-refractivity contribution is -0.114. The molecule has 184 valence electrons. The van der Waals surface area contributed by atoms with Crippen LogP contribution >= 0.6 is 0 Å². The predicted octanol–water partition coefficient (Wildman–Crippen LogP) is 7.82. The second-order valence-electron chi connectivity index (χ2n) is 10.9. The van der Waals surface area contributed by atoms with Crippen LogP contribution < -0.4 is 0 Å². The molecule has 0 radical (unpaired) electrons. The van der Waals surface area contributed by atoms with Crippen LogP contribution in [0.25, 0.3) is 0 Å². The minimum Gasteiger partial charge on any atom is -0.290 e. The van der Waals surface area contributed by atoms with E-state index >= 15 is 0 Å². The van der Waals surface area contributed by atoms with Crippen molar-refractivity contribution in [3.05, 3.63) is 95.6 Å². The molecule has 0 fully saturated rings. The lowest BCUT2D eigenvalue weighted by atomic mass is 9.69. The second-order valence-corrected chi connectivity index (χ2v) is 10.9.